The summed E-state index contributed by atoms with van der Waals surface area (Å²) in [6.07, 6.45) is 0. The predicted octanol–water partition coefficient (Wildman–Crippen LogP) is 2.30. The molecule has 0 aromatic heterocycles. The van der Waals surface area contributed by atoms with E-state index in [-0.39, 0.29) is 5.75 Å². The number of halogens is 1. The van der Waals surface area contributed by atoms with E-state index in [1.54, 1.807) is 6.07 Å². The lowest BCUT2D eigenvalue weighted by molar-refractivity contribution is 0.141. The second-order valence-corrected chi connectivity index (χ2v) is 4.43. The van der Waals surface area contributed by atoms with Crippen molar-refractivity contribution in [1.82, 2.24) is 0 Å². The van der Waals surface area contributed by atoms with Gasteiger partial charge in [-0.2, -0.15) is 0 Å². The van der Waals surface area contributed by atoms with E-state index in [9.17, 15) is 4.39 Å². The second-order valence-electron chi connectivity index (χ2n) is 4.43. The van der Waals surface area contributed by atoms with Crippen LogP contribution in [0, 0.1) is 5.82 Å². The first-order valence-corrected chi connectivity index (χ1v) is 7.17. The van der Waals surface area contributed by atoms with Gasteiger partial charge in [0, 0.05) is 38.4 Å². The fraction of sp³-hybridized carbons (Fsp3) is 0.600. The maximum Gasteiger partial charge on any atom is 0.167 e. The maximum absolute atomic E-state index is 13.6. The van der Waals surface area contributed by atoms with Crippen LogP contribution in [0.2, 0.25) is 0 Å². The molecule has 0 fully saturated rings. The van der Waals surface area contributed by atoms with Crippen molar-refractivity contribution in [2.45, 2.75) is 13.8 Å². The maximum atomic E-state index is 13.6. The monoisotopic (exact) mass is 300 g/mol. The lowest BCUT2D eigenvalue weighted by Gasteiger charge is -2.26. The third kappa shape index (κ3) is 5.40. The summed E-state index contributed by atoms with van der Waals surface area (Å²) in [5.74, 6) is -0.287. The fourth-order valence-electron chi connectivity index (χ4n) is 1.98. The van der Waals surface area contributed by atoms with E-state index in [0.29, 0.717) is 45.2 Å². The Morgan fingerprint density at radius 1 is 1.10 bits per heavy atom. The van der Waals surface area contributed by atoms with Crippen molar-refractivity contribution < 1.29 is 18.6 Å². The Bertz CT molecular complexity index is 420. The van der Waals surface area contributed by atoms with Crippen LogP contribution >= 0.6 is 0 Å². The summed E-state index contributed by atoms with van der Waals surface area (Å²) in [7, 11) is 1.43. The first kappa shape index (κ1) is 17.5. The van der Waals surface area contributed by atoms with Crippen LogP contribution in [-0.4, -0.2) is 46.6 Å². The minimum atomic E-state index is -0.465. The van der Waals surface area contributed by atoms with Crippen LogP contribution in [0.4, 0.5) is 15.8 Å². The van der Waals surface area contributed by atoms with Crippen LogP contribution in [0.15, 0.2) is 12.1 Å². The third-order valence-corrected chi connectivity index (χ3v) is 3.06. The topological polar surface area (TPSA) is 57.0 Å². The van der Waals surface area contributed by atoms with Crippen molar-refractivity contribution >= 4 is 11.4 Å². The van der Waals surface area contributed by atoms with Crippen molar-refractivity contribution in [2.24, 2.45) is 0 Å². The zero-order valence-electron chi connectivity index (χ0n) is 13.0. The van der Waals surface area contributed by atoms with Crippen molar-refractivity contribution in [3.05, 3.63) is 17.9 Å². The van der Waals surface area contributed by atoms with Crippen LogP contribution in [0.5, 0.6) is 5.75 Å². The Morgan fingerprint density at radius 2 is 1.67 bits per heavy atom. The van der Waals surface area contributed by atoms with Crippen molar-refractivity contribution in [1.29, 1.82) is 0 Å². The Kier molecular flexibility index (Phi) is 7.85. The Labute approximate surface area is 125 Å². The fourth-order valence-corrected chi connectivity index (χ4v) is 1.98. The van der Waals surface area contributed by atoms with Gasteiger partial charge < -0.3 is 24.8 Å². The summed E-state index contributed by atoms with van der Waals surface area (Å²) in [5, 5.41) is 0. The van der Waals surface area contributed by atoms with Gasteiger partial charge in [-0.3, -0.25) is 0 Å². The number of rotatable bonds is 10. The average Bonchev–Trinajstić information content (AvgIpc) is 2.46. The standard InChI is InChI=1S/C15H25FN2O3/c1-4-20-8-6-18(7-9-21-5-2)14-11-15(19-3)12(16)10-13(14)17/h10-11H,4-9,17H2,1-3H3. The van der Waals surface area contributed by atoms with Gasteiger partial charge >= 0.3 is 0 Å². The molecule has 0 atom stereocenters. The molecule has 0 amide bonds. The Hall–Kier alpha value is -1.53. The largest absolute Gasteiger partial charge is 0.494 e. The van der Waals surface area contributed by atoms with E-state index in [0.717, 1.165) is 5.69 Å². The SMILES string of the molecule is CCOCCN(CCOCC)c1cc(OC)c(F)cc1N. The smallest absolute Gasteiger partial charge is 0.167 e. The van der Waals surface area contributed by atoms with Gasteiger partial charge in [0.2, 0.25) is 0 Å². The van der Waals surface area contributed by atoms with Gasteiger partial charge in [0.15, 0.2) is 11.6 Å². The predicted molar refractivity (Wildman–Crippen MR) is 82.6 cm³/mol. The molecule has 5 nitrogen and oxygen atoms in total. The number of benzene rings is 1. The first-order chi connectivity index (χ1) is 10.1. The zero-order valence-corrected chi connectivity index (χ0v) is 13.0. The molecule has 1 aromatic carbocycles. The molecule has 0 bridgehead atoms. The van der Waals surface area contributed by atoms with Gasteiger partial charge in [-0.05, 0) is 13.8 Å². The third-order valence-electron chi connectivity index (χ3n) is 3.06. The zero-order chi connectivity index (χ0) is 15.7. The van der Waals surface area contributed by atoms with E-state index in [1.165, 1.54) is 13.2 Å². The lowest BCUT2D eigenvalue weighted by atomic mass is 10.2. The molecule has 0 aliphatic heterocycles. The van der Waals surface area contributed by atoms with Crippen molar-refractivity contribution in [3.8, 4) is 5.75 Å². The van der Waals surface area contributed by atoms with E-state index in [4.69, 9.17) is 19.9 Å². The molecule has 0 unspecified atom stereocenters. The first-order valence-electron chi connectivity index (χ1n) is 7.17. The molecule has 0 aliphatic carbocycles. The van der Waals surface area contributed by atoms with E-state index in [1.807, 2.05) is 18.7 Å². The summed E-state index contributed by atoms with van der Waals surface area (Å²) in [6, 6.07) is 2.89. The second kappa shape index (κ2) is 9.41. The van der Waals surface area contributed by atoms with Crippen LogP contribution in [0.1, 0.15) is 13.8 Å². The molecule has 0 saturated carbocycles. The molecule has 1 rings (SSSR count). The highest BCUT2D eigenvalue weighted by Gasteiger charge is 2.14. The van der Waals surface area contributed by atoms with Gasteiger partial charge in [-0.1, -0.05) is 0 Å². The highest BCUT2D eigenvalue weighted by molar-refractivity contribution is 5.70. The number of nitrogens with zero attached hydrogens (tertiary/aromatic N) is 1. The number of methoxy groups -OCH3 is 1. The number of anilines is 2. The summed E-state index contributed by atoms with van der Waals surface area (Å²) in [4.78, 5) is 2.02. The Balaban J connectivity index is 2.89. The quantitative estimate of drug-likeness (QED) is 0.531. The van der Waals surface area contributed by atoms with Crippen LogP contribution < -0.4 is 15.4 Å². The molecule has 6 heteroatoms. The van der Waals surface area contributed by atoms with Gasteiger partial charge in [0.25, 0.3) is 0 Å². The highest BCUT2D eigenvalue weighted by atomic mass is 19.1. The van der Waals surface area contributed by atoms with Crippen molar-refractivity contribution in [2.75, 3.05) is 57.3 Å². The van der Waals surface area contributed by atoms with Crippen LogP contribution in [0.3, 0.4) is 0 Å². The average molecular weight is 300 g/mol. The number of ether oxygens (including phenoxy) is 3. The number of hydrogen-bond acceptors (Lipinski definition) is 5. The van der Waals surface area contributed by atoms with Crippen LogP contribution in [-0.2, 0) is 9.47 Å². The lowest BCUT2D eigenvalue weighted by Crippen LogP contribution is -2.31. The molecule has 120 valence electrons. The molecular weight excluding hydrogens is 275 g/mol. The molecule has 0 aliphatic rings. The summed E-state index contributed by atoms with van der Waals surface area (Å²) < 4.78 is 29.4. The number of nitrogen functional groups attached to an aromatic ring is 1. The molecular formula is C15H25FN2O3. The highest BCUT2D eigenvalue weighted by Crippen LogP contribution is 2.30. The molecule has 0 spiro atoms. The summed E-state index contributed by atoms with van der Waals surface area (Å²) >= 11 is 0. The molecule has 0 saturated heterocycles. The number of hydrogen-bond donors (Lipinski definition) is 1. The minimum absolute atomic E-state index is 0.178. The van der Waals surface area contributed by atoms with Crippen LogP contribution in [0.25, 0.3) is 0 Å². The van der Waals surface area contributed by atoms with E-state index in [2.05, 4.69) is 0 Å². The van der Waals surface area contributed by atoms with Gasteiger partial charge in [-0.25, -0.2) is 4.39 Å². The molecule has 1 aromatic rings. The summed E-state index contributed by atoms with van der Waals surface area (Å²) in [6.45, 7) is 7.64. The van der Waals surface area contributed by atoms with E-state index < -0.39 is 5.82 Å². The number of nitrogens with two attached hydrogens (primary N) is 1. The van der Waals surface area contributed by atoms with Gasteiger partial charge in [0.1, 0.15) is 0 Å². The van der Waals surface area contributed by atoms with Crippen molar-refractivity contribution in [3.63, 3.8) is 0 Å². The normalized spacial score (nSPS) is 10.7. The minimum Gasteiger partial charge on any atom is -0.494 e. The van der Waals surface area contributed by atoms with Gasteiger partial charge in [0.05, 0.1) is 31.7 Å². The molecule has 0 radical (unpaired) electrons. The summed E-state index contributed by atoms with van der Waals surface area (Å²) in [5.41, 5.74) is 7.04. The van der Waals surface area contributed by atoms with Gasteiger partial charge in [-0.15, -0.1) is 0 Å². The Morgan fingerprint density at radius 3 is 2.14 bits per heavy atom. The molecule has 2 N–H and O–H groups in total. The van der Waals surface area contributed by atoms with E-state index >= 15 is 0 Å². The molecule has 0 heterocycles. The molecule has 21 heavy (non-hydrogen) atoms.